The summed E-state index contributed by atoms with van der Waals surface area (Å²) in [6.07, 6.45) is -3.66. The largest absolute Gasteiger partial charge is 0.417 e. The molecule has 3 aromatic heterocycles. The third kappa shape index (κ3) is 3.70. The van der Waals surface area contributed by atoms with Crippen molar-refractivity contribution in [2.75, 3.05) is 5.75 Å². The average molecular weight is 417 g/mol. The zero-order valence-corrected chi connectivity index (χ0v) is 16.3. The zero-order valence-electron chi connectivity index (χ0n) is 14.8. The van der Waals surface area contributed by atoms with Gasteiger partial charge in [0.15, 0.2) is 16.6 Å². The number of Topliss-reactive ketones (excluding diaryl/α,β-unsaturated/α-hetero) is 1. The summed E-state index contributed by atoms with van der Waals surface area (Å²) in [6.45, 7) is 6.54. The van der Waals surface area contributed by atoms with Crippen molar-refractivity contribution >= 4 is 34.8 Å². The highest BCUT2D eigenvalue weighted by molar-refractivity contribution is 7.99. The van der Waals surface area contributed by atoms with Crippen LogP contribution in [-0.2, 0) is 12.7 Å². The van der Waals surface area contributed by atoms with E-state index < -0.39 is 11.7 Å². The molecular weight excluding hydrogens is 401 g/mol. The highest BCUT2D eigenvalue weighted by Gasteiger charge is 2.32. The molecule has 0 aliphatic rings. The first-order chi connectivity index (χ1) is 12.6. The summed E-state index contributed by atoms with van der Waals surface area (Å²) in [5.74, 6) is -0.0921. The lowest BCUT2D eigenvalue weighted by atomic mass is 10.2. The molecule has 27 heavy (non-hydrogen) atoms. The highest BCUT2D eigenvalue weighted by Crippen LogP contribution is 2.33. The van der Waals surface area contributed by atoms with E-state index in [-0.39, 0.29) is 27.4 Å². The van der Waals surface area contributed by atoms with Gasteiger partial charge in [0.25, 0.3) is 0 Å². The fourth-order valence-electron chi connectivity index (χ4n) is 2.97. The molecule has 3 rings (SSSR count). The highest BCUT2D eigenvalue weighted by atomic mass is 35.5. The first-order valence-corrected chi connectivity index (χ1v) is 9.44. The van der Waals surface area contributed by atoms with Crippen molar-refractivity contribution in [3.8, 4) is 0 Å². The van der Waals surface area contributed by atoms with Crippen LogP contribution in [0.15, 0.2) is 23.5 Å². The molecule has 0 N–H and O–H groups in total. The monoisotopic (exact) mass is 416 g/mol. The Morgan fingerprint density at radius 3 is 2.56 bits per heavy atom. The lowest BCUT2D eigenvalue weighted by Crippen LogP contribution is -2.08. The van der Waals surface area contributed by atoms with Gasteiger partial charge >= 0.3 is 6.18 Å². The van der Waals surface area contributed by atoms with Gasteiger partial charge in [-0.05, 0) is 32.9 Å². The van der Waals surface area contributed by atoms with Gasteiger partial charge in [0, 0.05) is 29.7 Å². The summed E-state index contributed by atoms with van der Waals surface area (Å²) >= 11 is 6.92. The third-order valence-electron chi connectivity index (χ3n) is 4.28. The number of hydrogen-bond donors (Lipinski definition) is 0. The van der Waals surface area contributed by atoms with Crippen molar-refractivity contribution in [1.29, 1.82) is 0 Å². The van der Waals surface area contributed by atoms with Gasteiger partial charge in [0.2, 0.25) is 0 Å². The predicted molar refractivity (Wildman–Crippen MR) is 97.6 cm³/mol. The van der Waals surface area contributed by atoms with E-state index in [0.717, 1.165) is 42.0 Å². The molecule has 144 valence electrons. The molecule has 0 bridgehead atoms. The molecule has 0 atom stereocenters. The number of hydrogen-bond acceptors (Lipinski definition) is 4. The van der Waals surface area contributed by atoms with Crippen molar-refractivity contribution in [1.82, 2.24) is 19.2 Å². The predicted octanol–water partition coefficient (Wildman–Crippen LogP) is 4.81. The van der Waals surface area contributed by atoms with Gasteiger partial charge in [0.05, 0.1) is 16.3 Å². The molecule has 0 amide bonds. The van der Waals surface area contributed by atoms with Gasteiger partial charge in [-0.1, -0.05) is 23.4 Å². The molecule has 3 heterocycles. The maximum atomic E-state index is 13.0. The Kier molecular flexibility index (Phi) is 5.27. The average Bonchev–Trinajstić information content (AvgIpc) is 3.13. The van der Waals surface area contributed by atoms with Crippen LogP contribution in [0.2, 0.25) is 5.02 Å². The lowest BCUT2D eigenvalue weighted by molar-refractivity contribution is -0.137. The van der Waals surface area contributed by atoms with Crippen LogP contribution in [0, 0.1) is 13.8 Å². The fourth-order valence-corrected chi connectivity index (χ4v) is 4.00. The van der Waals surface area contributed by atoms with E-state index in [2.05, 4.69) is 10.2 Å². The smallest absolute Gasteiger partial charge is 0.349 e. The Balaban J connectivity index is 1.87. The van der Waals surface area contributed by atoms with E-state index in [9.17, 15) is 18.0 Å². The summed E-state index contributed by atoms with van der Waals surface area (Å²) in [7, 11) is 0. The van der Waals surface area contributed by atoms with E-state index in [1.807, 2.05) is 31.4 Å². The number of alkyl halides is 3. The minimum atomic E-state index is -4.54. The van der Waals surface area contributed by atoms with Gasteiger partial charge in [-0.2, -0.15) is 13.2 Å². The van der Waals surface area contributed by atoms with Crippen LogP contribution < -0.4 is 0 Å². The second-order valence-electron chi connectivity index (χ2n) is 5.99. The van der Waals surface area contributed by atoms with Gasteiger partial charge in [0.1, 0.15) is 0 Å². The standard InChI is InChI=1S/C17H16ClF3N4OS/c1-4-24-9(2)5-12(10(24)3)14(26)8-27-16-23-22-15-13(18)6-11(7-25(15)16)17(19,20)21/h5-7H,4,8H2,1-3H3. The van der Waals surface area contributed by atoms with Crippen molar-refractivity contribution in [3.05, 3.63) is 45.9 Å². The number of pyridine rings is 1. The van der Waals surface area contributed by atoms with Crippen LogP contribution in [0.5, 0.6) is 0 Å². The van der Waals surface area contributed by atoms with Gasteiger partial charge < -0.3 is 4.57 Å². The van der Waals surface area contributed by atoms with Gasteiger partial charge in [-0.25, -0.2) is 0 Å². The molecule has 0 unspecified atom stereocenters. The van der Waals surface area contributed by atoms with Crippen LogP contribution >= 0.6 is 23.4 Å². The van der Waals surface area contributed by atoms with Gasteiger partial charge in [-0.15, -0.1) is 10.2 Å². The second kappa shape index (κ2) is 7.20. The molecule has 0 aliphatic heterocycles. The Labute approximate surface area is 162 Å². The maximum absolute atomic E-state index is 13.0. The molecule has 0 saturated heterocycles. The Bertz CT molecular complexity index is 1030. The first-order valence-electron chi connectivity index (χ1n) is 8.07. The van der Waals surface area contributed by atoms with Crippen LogP contribution in [-0.4, -0.2) is 30.7 Å². The van der Waals surface area contributed by atoms with E-state index in [1.54, 1.807) is 0 Å². The number of aryl methyl sites for hydroxylation is 1. The number of rotatable bonds is 5. The van der Waals surface area contributed by atoms with E-state index in [1.165, 1.54) is 4.40 Å². The quantitative estimate of drug-likeness (QED) is 0.442. The Hall–Kier alpha value is -2.00. The van der Waals surface area contributed by atoms with Crippen LogP contribution in [0.3, 0.4) is 0 Å². The van der Waals surface area contributed by atoms with Gasteiger partial charge in [-0.3, -0.25) is 9.20 Å². The number of thioether (sulfide) groups is 1. The first kappa shape index (κ1) is 19.8. The number of carbonyl (C=O) groups is 1. The van der Waals surface area contributed by atoms with Crippen LogP contribution in [0.25, 0.3) is 5.65 Å². The van der Waals surface area contributed by atoms with Crippen molar-refractivity contribution in [2.45, 2.75) is 38.6 Å². The van der Waals surface area contributed by atoms with Crippen molar-refractivity contribution in [2.24, 2.45) is 0 Å². The normalized spacial score (nSPS) is 12.1. The molecule has 0 saturated carbocycles. The number of fused-ring (bicyclic) bond motifs is 1. The molecule has 3 aromatic rings. The molecule has 0 spiro atoms. The molecule has 0 fully saturated rings. The summed E-state index contributed by atoms with van der Waals surface area (Å²) < 4.78 is 42.2. The number of ketones is 1. The van der Waals surface area contributed by atoms with Crippen LogP contribution in [0.1, 0.15) is 34.2 Å². The maximum Gasteiger partial charge on any atom is 0.417 e. The Morgan fingerprint density at radius 2 is 1.96 bits per heavy atom. The van der Waals surface area contributed by atoms with Crippen molar-refractivity contribution in [3.63, 3.8) is 0 Å². The third-order valence-corrected chi connectivity index (χ3v) is 5.50. The molecule has 0 radical (unpaired) electrons. The summed E-state index contributed by atoms with van der Waals surface area (Å²) in [4.78, 5) is 12.6. The summed E-state index contributed by atoms with van der Waals surface area (Å²) in [6, 6.07) is 2.63. The minimum Gasteiger partial charge on any atom is -0.349 e. The second-order valence-corrected chi connectivity index (χ2v) is 7.34. The van der Waals surface area contributed by atoms with E-state index >= 15 is 0 Å². The summed E-state index contributed by atoms with van der Waals surface area (Å²) in [5.41, 5.74) is 1.67. The fraction of sp³-hybridized carbons (Fsp3) is 0.353. The molecule has 10 heteroatoms. The van der Waals surface area contributed by atoms with E-state index in [0.29, 0.717) is 5.56 Å². The lowest BCUT2D eigenvalue weighted by Gasteiger charge is -2.08. The molecule has 5 nitrogen and oxygen atoms in total. The topological polar surface area (TPSA) is 52.2 Å². The molecule has 0 aliphatic carbocycles. The number of aromatic nitrogens is 4. The Morgan fingerprint density at radius 1 is 1.26 bits per heavy atom. The minimum absolute atomic E-state index is 0.0304. The zero-order chi connectivity index (χ0) is 19.9. The summed E-state index contributed by atoms with van der Waals surface area (Å²) in [5, 5.41) is 7.72. The number of carbonyl (C=O) groups excluding carboxylic acids is 1. The number of nitrogens with zero attached hydrogens (tertiary/aromatic N) is 4. The van der Waals surface area contributed by atoms with E-state index in [4.69, 9.17) is 11.6 Å². The van der Waals surface area contributed by atoms with Crippen LogP contribution in [0.4, 0.5) is 13.2 Å². The SMILES string of the molecule is CCn1c(C)cc(C(=O)CSc2nnc3c(Cl)cc(C(F)(F)F)cn23)c1C. The number of halogens is 4. The molecule has 0 aromatic carbocycles. The molecular formula is C17H16ClF3N4OS. The van der Waals surface area contributed by atoms with Crippen molar-refractivity contribution < 1.29 is 18.0 Å².